The molecule has 122 valence electrons. The van der Waals surface area contributed by atoms with Crippen LogP contribution in [0.25, 0.3) is 10.8 Å². The summed E-state index contributed by atoms with van der Waals surface area (Å²) in [6.45, 7) is 0.0586. The van der Waals surface area contributed by atoms with E-state index < -0.39 is 24.3 Å². The molecule has 1 aliphatic rings. The van der Waals surface area contributed by atoms with Crippen molar-refractivity contribution in [1.82, 2.24) is 4.90 Å². The number of likely N-dealkylation sites (N-methyl/N-ethyl adjacent to an activating group) is 1. The third kappa shape index (κ3) is 2.88. The molecule has 0 aliphatic carbocycles. The van der Waals surface area contributed by atoms with Crippen LogP contribution >= 0.6 is 0 Å². The summed E-state index contributed by atoms with van der Waals surface area (Å²) in [5, 5.41) is 31.3. The van der Waals surface area contributed by atoms with Gasteiger partial charge in [-0.25, -0.2) is 0 Å². The number of aliphatic hydroxyl groups is 2. The van der Waals surface area contributed by atoms with E-state index in [4.69, 9.17) is 4.74 Å². The van der Waals surface area contributed by atoms with Gasteiger partial charge in [-0.2, -0.15) is 0 Å². The average Bonchev–Trinajstić information content (AvgIpc) is 2.54. The van der Waals surface area contributed by atoms with Gasteiger partial charge < -0.3 is 25.0 Å². The second-order valence-corrected chi connectivity index (χ2v) is 5.78. The Morgan fingerprint density at radius 3 is 2.70 bits per heavy atom. The Morgan fingerprint density at radius 1 is 1.22 bits per heavy atom. The highest BCUT2D eigenvalue weighted by Crippen LogP contribution is 2.30. The Kier molecular flexibility index (Phi) is 4.21. The maximum atomic E-state index is 12.6. The van der Waals surface area contributed by atoms with Crippen molar-refractivity contribution in [3.05, 3.63) is 42.0 Å². The number of rotatable bonds is 2. The van der Waals surface area contributed by atoms with Crippen LogP contribution in [-0.2, 0) is 4.74 Å². The predicted octanol–water partition coefficient (Wildman–Crippen LogP) is 1.09. The van der Waals surface area contributed by atoms with Crippen molar-refractivity contribution in [2.75, 3.05) is 13.7 Å². The molecule has 1 saturated heterocycles. The molecular formula is C17H19NO5. The second kappa shape index (κ2) is 6.16. The summed E-state index contributed by atoms with van der Waals surface area (Å²) in [5.41, 5.74) is 0.146. The number of aromatic hydroxyl groups is 1. The van der Waals surface area contributed by atoms with Gasteiger partial charge in [0.15, 0.2) is 6.23 Å². The summed E-state index contributed by atoms with van der Waals surface area (Å²) < 4.78 is 5.36. The summed E-state index contributed by atoms with van der Waals surface area (Å²) in [6, 6.07) is 10.5. The lowest BCUT2D eigenvalue weighted by atomic mass is 10.0. The average molecular weight is 317 g/mol. The predicted molar refractivity (Wildman–Crippen MR) is 84.1 cm³/mol. The van der Waals surface area contributed by atoms with E-state index in [9.17, 15) is 20.1 Å². The van der Waals surface area contributed by atoms with E-state index in [-0.39, 0.29) is 24.3 Å². The van der Waals surface area contributed by atoms with E-state index in [1.807, 2.05) is 12.1 Å². The third-order valence-corrected chi connectivity index (χ3v) is 4.14. The van der Waals surface area contributed by atoms with E-state index in [2.05, 4.69) is 0 Å². The number of fused-ring (bicyclic) bond motifs is 1. The number of phenolic OH excluding ortho intramolecular Hbond substituents is 1. The zero-order chi connectivity index (χ0) is 16.6. The number of nitrogens with zero attached hydrogens (tertiary/aromatic N) is 1. The standard InChI is InChI=1S/C17H19NO5/c1-18(17-14(20)8-11(19)9-23-17)16(22)13-7-6-10-4-2-3-5-12(10)15(13)21/h2-7,11,14,17,19-21H,8-9H2,1H3/t11-,14-,17-/m1/s1. The molecule has 3 atom stereocenters. The molecule has 1 fully saturated rings. The highest BCUT2D eigenvalue weighted by atomic mass is 16.5. The Bertz CT molecular complexity index is 732. The van der Waals surface area contributed by atoms with Crippen molar-refractivity contribution in [1.29, 1.82) is 0 Å². The largest absolute Gasteiger partial charge is 0.506 e. The lowest BCUT2D eigenvalue weighted by Crippen LogP contribution is -2.51. The SMILES string of the molecule is CN(C(=O)c1ccc2ccccc2c1O)[C@@H]1OC[C@H](O)C[C@H]1O. The zero-order valence-electron chi connectivity index (χ0n) is 12.7. The maximum absolute atomic E-state index is 12.6. The van der Waals surface area contributed by atoms with Gasteiger partial charge in [0.25, 0.3) is 5.91 Å². The van der Waals surface area contributed by atoms with Crippen LogP contribution in [0.1, 0.15) is 16.8 Å². The van der Waals surface area contributed by atoms with Crippen molar-refractivity contribution in [3.8, 4) is 5.75 Å². The molecule has 0 bridgehead atoms. The van der Waals surface area contributed by atoms with E-state index in [1.165, 1.54) is 11.9 Å². The summed E-state index contributed by atoms with van der Waals surface area (Å²) in [7, 11) is 1.50. The lowest BCUT2D eigenvalue weighted by Gasteiger charge is -2.36. The number of hydrogen-bond donors (Lipinski definition) is 3. The first-order chi connectivity index (χ1) is 11.0. The number of carbonyl (C=O) groups excluding carboxylic acids is 1. The molecule has 23 heavy (non-hydrogen) atoms. The molecule has 0 aromatic heterocycles. The van der Waals surface area contributed by atoms with Gasteiger partial charge in [-0.15, -0.1) is 0 Å². The quantitative estimate of drug-likeness (QED) is 0.771. The highest BCUT2D eigenvalue weighted by Gasteiger charge is 2.35. The minimum Gasteiger partial charge on any atom is -0.506 e. The van der Waals surface area contributed by atoms with Crippen molar-refractivity contribution in [2.45, 2.75) is 24.9 Å². The Balaban J connectivity index is 1.89. The molecule has 6 heteroatoms. The topological polar surface area (TPSA) is 90.2 Å². The van der Waals surface area contributed by atoms with Crippen LogP contribution in [-0.4, -0.2) is 58.2 Å². The van der Waals surface area contributed by atoms with Gasteiger partial charge in [-0.3, -0.25) is 4.79 Å². The molecule has 0 spiro atoms. The van der Waals surface area contributed by atoms with Crippen LogP contribution < -0.4 is 0 Å². The van der Waals surface area contributed by atoms with Crippen LogP contribution in [0.2, 0.25) is 0 Å². The van der Waals surface area contributed by atoms with E-state index >= 15 is 0 Å². The number of benzene rings is 2. The fourth-order valence-electron chi connectivity index (χ4n) is 2.89. The van der Waals surface area contributed by atoms with Gasteiger partial charge in [0.1, 0.15) is 11.9 Å². The Morgan fingerprint density at radius 2 is 1.96 bits per heavy atom. The van der Waals surface area contributed by atoms with Gasteiger partial charge in [-0.05, 0) is 11.5 Å². The molecule has 1 aliphatic heterocycles. The number of aliphatic hydroxyl groups excluding tert-OH is 2. The third-order valence-electron chi connectivity index (χ3n) is 4.14. The van der Waals surface area contributed by atoms with Gasteiger partial charge in [0, 0.05) is 18.9 Å². The number of ether oxygens (including phenoxy) is 1. The van der Waals surface area contributed by atoms with Crippen LogP contribution in [0.5, 0.6) is 5.75 Å². The number of carbonyl (C=O) groups is 1. The lowest BCUT2D eigenvalue weighted by molar-refractivity contribution is -0.165. The monoisotopic (exact) mass is 317 g/mol. The van der Waals surface area contributed by atoms with Gasteiger partial charge >= 0.3 is 0 Å². The van der Waals surface area contributed by atoms with Crippen LogP contribution in [0.4, 0.5) is 0 Å². The smallest absolute Gasteiger partial charge is 0.259 e. The van der Waals surface area contributed by atoms with E-state index in [0.717, 1.165) is 5.39 Å². The summed E-state index contributed by atoms with van der Waals surface area (Å²) in [6.07, 6.45) is -2.42. The van der Waals surface area contributed by atoms with Crippen molar-refractivity contribution < 1.29 is 24.9 Å². The minimum absolute atomic E-state index is 0.0586. The molecular weight excluding hydrogens is 298 g/mol. The molecule has 0 unspecified atom stereocenters. The van der Waals surface area contributed by atoms with Gasteiger partial charge in [0.05, 0.1) is 18.3 Å². The molecule has 6 nitrogen and oxygen atoms in total. The molecule has 2 aromatic rings. The molecule has 3 N–H and O–H groups in total. The van der Waals surface area contributed by atoms with Gasteiger partial charge in [-0.1, -0.05) is 30.3 Å². The van der Waals surface area contributed by atoms with Crippen molar-refractivity contribution in [2.24, 2.45) is 0 Å². The zero-order valence-corrected chi connectivity index (χ0v) is 12.7. The van der Waals surface area contributed by atoms with Crippen molar-refractivity contribution >= 4 is 16.7 Å². The number of amides is 1. The summed E-state index contributed by atoms with van der Waals surface area (Å²) in [5.74, 6) is -0.543. The minimum atomic E-state index is -0.977. The van der Waals surface area contributed by atoms with Crippen LogP contribution in [0.3, 0.4) is 0 Å². The normalized spacial score (nSPS) is 24.6. The molecule has 2 aromatic carbocycles. The fraction of sp³-hybridized carbons (Fsp3) is 0.353. The first-order valence-corrected chi connectivity index (χ1v) is 7.44. The van der Waals surface area contributed by atoms with Crippen LogP contribution in [0, 0.1) is 0 Å². The summed E-state index contributed by atoms with van der Waals surface area (Å²) in [4.78, 5) is 13.9. The molecule has 0 radical (unpaired) electrons. The van der Waals surface area contributed by atoms with Gasteiger partial charge in [0.2, 0.25) is 0 Å². The first-order valence-electron chi connectivity index (χ1n) is 7.44. The van der Waals surface area contributed by atoms with E-state index in [0.29, 0.717) is 5.39 Å². The highest BCUT2D eigenvalue weighted by molar-refractivity contribution is 6.03. The fourth-order valence-corrected chi connectivity index (χ4v) is 2.89. The first kappa shape index (κ1) is 15.7. The Labute approximate surface area is 133 Å². The second-order valence-electron chi connectivity index (χ2n) is 5.78. The number of phenols is 1. The van der Waals surface area contributed by atoms with E-state index in [1.54, 1.807) is 24.3 Å². The molecule has 1 heterocycles. The summed E-state index contributed by atoms with van der Waals surface area (Å²) >= 11 is 0. The molecule has 0 saturated carbocycles. The maximum Gasteiger partial charge on any atom is 0.259 e. The molecule has 1 amide bonds. The van der Waals surface area contributed by atoms with Crippen molar-refractivity contribution in [3.63, 3.8) is 0 Å². The Hall–Kier alpha value is -2.15. The number of hydrogen-bond acceptors (Lipinski definition) is 5. The molecule has 3 rings (SSSR count). The van der Waals surface area contributed by atoms with Crippen LogP contribution in [0.15, 0.2) is 36.4 Å².